The topological polar surface area (TPSA) is 49.3 Å². The normalized spacial score (nSPS) is 15.0. The van der Waals surface area contributed by atoms with Crippen LogP contribution in [0.4, 0.5) is 10.2 Å². The van der Waals surface area contributed by atoms with E-state index in [0.717, 1.165) is 35.5 Å². The van der Waals surface area contributed by atoms with E-state index < -0.39 is 5.82 Å². The molecule has 1 aliphatic heterocycles. The molecular formula is C19H18FN3O. The summed E-state index contributed by atoms with van der Waals surface area (Å²) in [5.41, 5.74) is 3.17. The second-order valence-corrected chi connectivity index (χ2v) is 6.15. The first-order valence-corrected chi connectivity index (χ1v) is 8.21. The number of phenols is 1. The van der Waals surface area contributed by atoms with Crippen LogP contribution in [0.3, 0.4) is 0 Å². The molecule has 24 heavy (non-hydrogen) atoms. The van der Waals surface area contributed by atoms with Crippen molar-refractivity contribution in [1.82, 2.24) is 9.97 Å². The van der Waals surface area contributed by atoms with Crippen LogP contribution >= 0.6 is 0 Å². The predicted molar refractivity (Wildman–Crippen MR) is 92.7 cm³/mol. The lowest BCUT2D eigenvalue weighted by Crippen LogP contribution is -2.30. The van der Waals surface area contributed by atoms with Crippen LogP contribution in [0, 0.1) is 5.82 Å². The van der Waals surface area contributed by atoms with E-state index in [0.29, 0.717) is 5.56 Å². The molecule has 1 aromatic heterocycles. The molecule has 5 heteroatoms. The summed E-state index contributed by atoms with van der Waals surface area (Å²) >= 11 is 0. The molecule has 4 nitrogen and oxygen atoms in total. The highest BCUT2D eigenvalue weighted by Gasteiger charge is 2.13. The minimum Gasteiger partial charge on any atom is -0.505 e. The minimum absolute atomic E-state index is 0.341. The molecule has 2 aromatic carbocycles. The van der Waals surface area contributed by atoms with Gasteiger partial charge in [-0.05, 0) is 54.7 Å². The average Bonchev–Trinajstić information content (AvgIpc) is 2.64. The first kappa shape index (κ1) is 14.9. The number of hydrogen-bond donors (Lipinski definition) is 1. The summed E-state index contributed by atoms with van der Waals surface area (Å²) in [6, 6.07) is 10.1. The maximum atomic E-state index is 13.6. The van der Waals surface area contributed by atoms with Crippen LogP contribution < -0.4 is 4.90 Å². The van der Waals surface area contributed by atoms with Gasteiger partial charge in [0.25, 0.3) is 0 Å². The summed E-state index contributed by atoms with van der Waals surface area (Å²) in [6.07, 6.45) is 5.47. The standard InChI is InChI=1S/C19H18FN3O/c20-15-10-13(5-7-18(15)24)14-4-6-16-17(11-14)22-19(12-21-16)23-8-2-1-3-9-23/h4-7,10-12,24H,1-3,8-9H2. The molecule has 122 valence electrons. The van der Waals surface area contributed by atoms with Crippen molar-refractivity contribution in [3.8, 4) is 16.9 Å². The van der Waals surface area contributed by atoms with Gasteiger partial charge in [0, 0.05) is 13.1 Å². The van der Waals surface area contributed by atoms with Gasteiger partial charge >= 0.3 is 0 Å². The Morgan fingerprint density at radius 2 is 1.67 bits per heavy atom. The first-order chi connectivity index (χ1) is 11.7. The Morgan fingerprint density at radius 3 is 2.46 bits per heavy atom. The zero-order valence-corrected chi connectivity index (χ0v) is 13.2. The van der Waals surface area contributed by atoms with Gasteiger partial charge in [0.05, 0.1) is 17.2 Å². The number of rotatable bonds is 2. The zero-order chi connectivity index (χ0) is 16.5. The number of piperidine rings is 1. The molecule has 1 saturated heterocycles. The van der Waals surface area contributed by atoms with Crippen molar-refractivity contribution in [3.05, 3.63) is 48.4 Å². The van der Waals surface area contributed by atoms with E-state index >= 15 is 0 Å². The smallest absolute Gasteiger partial charge is 0.165 e. The summed E-state index contributed by atoms with van der Waals surface area (Å²) in [4.78, 5) is 11.5. The van der Waals surface area contributed by atoms with Gasteiger partial charge in [-0.25, -0.2) is 9.37 Å². The Kier molecular flexibility index (Phi) is 3.76. The lowest BCUT2D eigenvalue weighted by atomic mass is 10.0. The SMILES string of the molecule is Oc1ccc(-c2ccc3ncc(N4CCCCC4)nc3c2)cc1F. The zero-order valence-electron chi connectivity index (χ0n) is 13.2. The van der Waals surface area contributed by atoms with Crippen molar-refractivity contribution in [3.63, 3.8) is 0 Å². The molecule has 1 fully saturated rings. The van der Waals surface area contributed by atoms with Gasteiger partial charge < -0.3 is 10.0 Å². The quantitative estimate of drug-likeness (QED) is 0.770. The molecular weight excluding hydrogens is 305 g/mol. The number of fused-ring (bicyclic) bond motifs is 1. The summed E-state index contributed by atoms with van der Waals surface area (Å²) < 4.78 is 13.6. The maximum absolute atomic E-state index is 13.6. The molecule has 0 atom stereocenters. The van der Waals surface area contributed by atoms with E-state index in [1.54, 1.807) is 6.07 Å². The Labute approximate surface area is 139 Å². The Bertz CT molecular complexity index is 891. The molecule has 0 aliphatic carbocycles. The number of anilines is 1. The van der Waals surface area contributed by atoms with Gasteiger partial charge in [-0.3, -0.25) is 4.98 Å². The molecule has 0 spiro atoms. The molecule has 1 N–H and O–H groups in total. The van der Waals surface area contributed by atoms with Crippen molar-refractivity contribution in [2.75, 3.05) is 18.0 Å². The number of hydrogen-bond acceptors (Lipinski definition) is 4. The van der Waals surface area contributed by atoms with Gasteiger partial charge in [-0.1, -0.05) is 12.1 Å². The summed E-state index contributed by atoms with van der Waals surface area (Å²) in [5.74, 6) is -0.0660. The molecule has 0 saturated carbocycles. The average molecular weight is 323 g/mol. The fourth-order valence-corrected chi connectivity index (χ4v) is 3.14. The minimum atomic E-state index is -0.624. The fourth-order valence-electron chi connectivity index (χ4n) is 3.14. The van der Waals surface area contributed by atoms with Gasteiger partial charge in [0.1, 0.15) is 5.82 Å². The fraction of sp³-hybridized carbons (Fsp3) is 0.263. The molecule has 0 bridgehead atoms. The Balaban J connectivity index is 1.74. The van der Waals surface area contributed by atoms with Crippen LogP contribution in [-0.4, -0.2) is 28.2 Å². The third kappa shape index (κ3) is 2.77. The van der Waals surface area contributed by atoms with Gasteiger partial charge in [-0.15, -0.1) is 0 Å². The number of phenolic OH excluding ortho intramolecular Hbond substituents is 1. The van der Waals surface area contributed by atoms with Crippen molar-refractivity contribution in [2.24, 2.45) is 0 Å². The predicted octanol–water partition coefficient (Wildman–Crippen LogP) is 4.13. The van der Waals surface area contributed by atoms with Crippen LogP contribution in [0.15, 0.2) is 42.6 Å². The second-order valence-electron chi connectivity index (χ2n) is 6.15. The Morgan fingerprint density at radius 1 is 0.917 bits per heavy atom. The molecule has 0 amide bonds. The van der Waals surface area contributed by atoms with Gasteiger partial charge in [-0.2, -0.15) is 0 Å². The van der Waals surface area contributed by atoms with Crippen molar-refractivity contribution < 1.29 is 9.50 Å². The van der Waals surface area contributed by atoms with E-state index in [9.17, 15) is 9.50 Å². The number of benzene rings is 2. The highest BCUT2D eigenvalue weighted by atomic mass is 19.1. The van der Waals surface area contributed by atoms with E-state index in [4.69, 9.17) is 4.98 Å². The monoisotopic (exact) mass is 323 g/mol. The first-order valence-electron chi connectivity index (χ1n) is 8.21. The van der Waals surface area contributed by atoms with Crippen LogP contribution in [0.25, 0.3) is 22.2 Å². The summed E-state index contributed by atoms with van der Waals surface area (Å²) in [7, 11) is 0. The third-order valence-corrected chi connectivity index (χ3v) is 4.49. The van der Waals surface area contributed by atoms with Crippen LogP contribution in [0.2, 0.25) is 0 Å². The van der Waals surface area contributed by atoms with Crippen molar-refractivity contribution in [2.45, 2.75) is 19.3 Å². The Hall–Kier alpha value is -2.69. The molecule has 0 unspecified atom stereocenters. The largest absolute Gasteiger partial charge is 0.505 e. The van der Waals surface area contributed by atoms with E-state index in [-0.39, 0.29) is 5.75 Å². The van der Waals surface area contributed by atoms with Crippen LogP contribution in [0.1, 0.15) is 19.3 Å². The van der Waals surface area contributed by atoms with Crippen molar-refractivity contribution in [1.29, 1.82) is 0 Å². The number of halogens is 1. The highest BCUT2D eigenvalue weighted by Crippen LogP contribution is 2.27. The van der Waals surface area contributed by atoms with Crippen molar-refractivity contribution >= 4 is 16.9 Å². The van der Waals surface area contributed by atoms with E-state index in [2.05, 4.69) is 9.88 Å². The highest BCUT2D eigenvalue weighted by molar-refractivity contribution is 5.82. The molecule has 0 radical (unpaired) electrons. The lowest BCUT2D eigenvalue weighted by Gasteiger charge is -2.27. The van der Waals surface area contributed by atoms with Gasteiger partial charge in [0.2, 0.25) is 0 Å². The molecule has 1 aliphatic rings. The number of aromatic hydroxyl groups is 1. The van der Waals surface area contributed by atoms with Crippen LogP contribution in [0.5, 0.6) is 5.75 Å². The third-order valence-electron chi connectivity index (χ3n) is 4.49. The number of aromatic nitrogens is 2. The molecule has 3 aromatic rings. The number of nitrogens with zero attached hydrogens (tertiary/aromatic N) is 3. The molecule has 4 rings (SSSR count). The summed E-state index contributed by atoms with van der Waals surface area (Å²) in [5, 5.41) is 9.34. The van der Waals surface area contributed by atoms with Crippen LogP contribution in [-0.2, 0) is 0 Å². The van der Waals surface area contributed by atoms with Gasteiger partial charge in [0.15, 0.2) is 11.6 Å². The summed E-state index contributed by atoms with van der Waals surface area (Å²) in [6.45, 7) is 2.03. The van der Waals surface area contributed by atoms with E-state index in [1.807, 2.05) is 24.4 Å². The molecule has 2 heterocycles. The van der Waals surface area contributed by atoms with E-state index in [1.165, 1.54) is 31.4 Å². The second kappa shape index (κ2) is 6.07. The maximum Gasteiger partial charge on any atom is 0.165 e. The lowest BCUT2D eigenvalue weighted by molar-refractivity contribution is 0.432.